The number of hydrogen-bond donors (Lipinski definition) is 0. The second-order valence-corrected chi connectivity index (χ2v) is 4.86. The Morgan fingerprint density at radius 1 is 1.08 bits per heavy atom. The summed E-state index contributed by atoms with van der Waals surface area (Å²) in [5, 5.41) is 0. The van der Waals surface area contributed by atoms with E-state index in [0.29, 0.717) is 0 Å². The molecule has 0 bridgehead atoms. The lowest BCUT2D eigenvalue weighted by molar-refractivity contribution is 0.0448. The predicted octanol–water partition coefficient (Wildman–Crippen LogP) is 2.52. The number of nitrogens with zero attached hydrogens (tertiary/aromatic N) is 1. The molecule has 0 aromatic heterocycles. The fourth-order valence-electron chi connectivity index (χ4n) is 2.98. The van der Waals surface area contributed by atoms with E-state index >= 15 is 0 Å². The molecule has 0 aliphatic carbocycles. The summed E-state index contributed by atoms with van der Waals surface area (Å²) >= 11 is 0. The van der Waals surface area contributed by atoms with Crippen molar-refractivity contribution in [1.29, 1.82) is 0 Å². The third-order valence-corrected chi connectivity index (χ3v) is 3.73. The summed E-state index contributed by atoms with van der Waals surface area (Å²) in [4.78, 5) is 2.74. The molecule has 70 valence electrons. The van der Waals surface area contributed by atoms with Crippen LogP contribution in [0.25, 0.3) is 0 Å². The van der Waals surface area contributed by atoms with Crippen molar-refractivity contribution in [2.75, 3.05) is 13.1 Å². The summed E-state index contributed by atoms with van der Waals surface area (Å²) in [7, 11) is 0. The first-order valence-electron chi connectivity index (χ1n) is 5.51. The van der Waals surface area contributed by atoms with Crippen LogP contribution in [0, 0.1) is 11.8 Å². The highest BCUT2D eigenvalue weighted by Crippen LogP contribution is 2.32. The summed E-state index contributed by atoms with van der Waals surface area (Å²) < 4.78 is 0. The first-order valence-corrected chi connectivity index (χ1v) is 5.51. The number of hydrogen-bond acceptors (Lipinski definition) is 1. The quantitative estimate of drug-likeness (QED) is 0.536. The largest absolute Gasteiger partial charge is 0.300 e. The lowest BCUT2D eigenvalue weighted by atomic mass is 9.82. The minimum absolute atomic E-state index is 0.940. The van der Waals surface area contributed by atoms with Gasteiger partial charge in [0.1, 0.15) is 0 Å². The molecule has 2 aliphatic rings. The molecule has 2 fully saturated rings. The molecule has 0 aromatic carbocycles. The molecule has 2 rings (SSSR count). The van der Waals surface area contributed by atoms with Crippen molar-refractivity contribution in [2.45, 2.75) is 45.6 Å². The number of rotatable bonds is 0. The average molecular weight is 167 g/mol. The van der Waals surface area contributed by atoms with E-state index in [-0.39, 0.29) is 0 Å². The number of piperidine rings is 2. The molecule has 2 saturated heterocycles. The van der Waals surface area contributed by atoms with Gasteiger partial charge in [-0.3, -0.25) is 4.90 Å². The van der Waals surface area contributed by atoms with E-state index in [1.54, 1.807) is 0 Å². The molecule has 0 N–H and O–H groups in total. The van der Waals surface area contributed by atoms with E-state index in [1.807, 2.05) is 0 Å². The minimum Gasteiger partial charge on any atom is -0.300 e. The molecule has 3 atom stereocenters. The van der Waals surface area contributed by atoms with Gasteiger partial charge in [0.25, 0.3) is 0 Å². The van der Waals surface area contributed by atoms with Gasteiger partial charge in [-0.05, 0) is 44.1 Å². The molecule has 0 radical (unpaired) electrons. The molecule has 0 amide bonds. The van der Waals surface area contributed by atoms with Gasteiger partial charge in [-0.15, -0.1) is 0 Å². The molecular formula is C11H21N. The molecule has 0 saturated carbocycles. The van der Waals surface area contributed by atoms with Crippen molar-refractivity contribution in [3.05, 3.63) is 0 Å². The molecule has 2 heterocycles. The minimum atomic E-state index is 0.940. The second kappa shape index (κ2) is 3.37. The molecule has 2 aliphatic heterocycles. The highest BCUT2D eigenvalue weighted by Gasteiger charge is 2.32. The third kappa shape index (κ3) is 1.52. The monoisotopic (exact) mass is 167 g/mol. The first-order chi connectivity index (χ1) is 5.77. The van der Waals surface area contributed by atoms with Crippen LogP contribution in [0.1, 0.15) is 39.5 Å². The zero-order valence-corrected chi connectivity index (χ0v) is 8.42. The standard InChI is InChI=1S/C11H21N/c1-9-5-6-11-10(2)4-3-7-12(11)8-9/h9-11H,3-8H2,1-2H3. The topological polar surface area (TPSA) is 3.24 Å². The van der Waals surface area contributed by atoms with Gasteiger partial charge in [0.15, 0.2) is 0 Å². The van der Waals surface area contributed by atoms with Crippen LogP contribution in [-0.4, -0.2) is 24.0 Å². The SMILES string of the molecule is CC1CCC2C(C)CCCN2C1. The maximum absolute atomic E-state index is 2.74. The fraction of sp³-hybridized carbons (Fsp3) is 1.00. The normalized spacial score (nSPS) is 44.0. The van der Waals surface area contributed by atoms with Gasteiger partial charge in [0, 0.05) is 12.6 Å². The fourth-order valence-corrected chi connectivity index (χ4v) is 2.98. The zero-order valence-electron chi connectivity index (χ0n) is 8.42. The van der Waals surface area contributed by atoms with Crippen LogP contribution in [0.15, 0.2) is 0 Å². The Morgan fingerprint density at radius 3 is 2.75 bits per heavy atom. The van der Waals surface area contributed by atoms with Gasteiger partial charge >= 0.3 is 0 Å². The molecule has 1 nitrogen and oxygen atoms in total. The van der Waals surface area contributed by atoms with Crippen LogP contribution in [0.3, 0.4) is 0 Å². The average Bonchev–Trinajstić information content (AvgIpc) is 2.04. The van der Waals surface area contributed by atoms with Crippen LogP contribution in [0.4, 0.5) is 0 Å². The Bertz CT molecular complexity index is 155. The summed E-state index contributed by atoms with van der Waals surface area (Å²) in [5.74, 6) is 1.91. The van der Waals surface area contributed by atoms with Crippen molar-refractivity contribution in [2.24, 2.45) is 11.8 Å². The van der Waals surface area contributed by atoms with E-state index in [0.717, 1.165) is 17.9 Å². The summed E-state index contributed by atoms with van der Waals surface area (Å²) in [6.07, 6.45) is 5.83. The molecule has 3 unspecified atom stereocenters. The molecule has 1 heteroatoms. The summed E-state index contributed by atoms with van der Waals surface area (Å²) in [5.41, 5.74) is 0. The van der Waals surface area contributed by atoms with Gasteiger partial charge in [0.2, 0.25) is 0 Å². The first kappa shape index (κ1) is 8.55. The van der Waals surface area contributed by atoms with Crippen LogP contribution in [0.2, 0.25) is 0 Å². The second-order valence-electron chi connectivity index (χ2n) is 4.86. The Morgan fingerprint density at radius 2 is 1.92 bits per heavy atom. The highest BCUT2D eigenvalue weighted by molar-refractivity contribution is 4.86. The van der Waals surface area contributed by atoms with E-state index in [4.69, 9.17) is 0 Å². The van der Waals surface area contributed by atoms with E-state index < -0.39 is 0 Å². The lowest BCUT2D eigenvalue weighted by Gasteiger charge is -2.45. The molecule has 0 aromatic rings. The van der Waals surface area contributed by atoms with Gasteiger partial charge in [-0.2, -0.15) is 0 Å². The van der Waals surface area contributed by atoms with Gasteiger partial charge in [0.05, 0.1) is 0 Å². The van der Waals surface area contributed by atoms with Gasteiger partial charge in [-0.1, -0.05) is 13.8 Å². The maximum atomic E-state index is 2.74. The zero-order chi connectivity index (χ0) is 8.55. The van der Waals surface area contributed by atoms with E-state index in [1.165, 1.54) is 38.8 Å². The van der Waals surface area contributed by atoms with E-state index in [2.05, 4.69) is 18.7 Å². The van der Waals surface area contributed by atoms with Crippen LogP contribution in [-0.2, 0) is 0 Å². The van der Waals surface area contributed by atoms with Crippen LogP contribution < -0.4 is 0 Å². The van der Waals surface area contributed by atoms with Crippen molar-refractivity contribution < 1.29 is 0 Å². The Labute approximate surface area is 76.1 Å². The smallest absolute Gasteiger partial charge is 0.0121 e. The maximum Gasteiger partial charge on any atom is 0.0121 e. The Balaban J connectivity index is 1.99. The Kier molecular flexibility index (Phi) is 2.40. The van der Waals surface area contributed by atoms with E-state index in [9.17, 15) is 0 Å². The molecule has 0 spiro atoms. The predicted molar refractivity (Wildman–Crippen MR) is 52.2 cm³/mol. The summed E-state index contributed by atoms with van der Waals surface area (Å²) in [6, 6.07) is 0.940. The highest BCUT2D eigenvalue weighted by atomic mass is 15.2. The number of fused-ring (bicyclic) bond motifs is 1. The van der Waals surface area contributed by atoms with Crippen molar-refractivity contribution in [1.82, 2.24) is 4.90 Å². The van der Waals surface area contributed by atoms with Gasteiger partial charge in [-0.25, -0.2) is 0 Å². The van der Waals surface area contributed by atoms with Crippen molar-refractivity contribution in [3.63, 3.8) is 0 Å². The van der Waals surface area contributed by atoms with Gasteiger partial charge < -0.3 is 0 Å². The Hall–Kier alpha value is -0.0400. The lowest BCUT2D eigenvalue weighted by Crippen LogP contribution is -2.49. The molecular weight excluding hydrogens is 146 g/mol. The van der Waals surface area contributed by atoms with Crippen molar-refractivity contribution in [3.8, 4) is 0 Å². The van der Waals surface area contributed by atoms with Crippen LogP contribution >= 0.6 is 0 Å². The summed E-state index contributed by atoms with van der Waals surface area (Å²) in [6.45, 7) is 7.58. The third-order valence-electron chi connectivity index (χ3n) is 3.73. The van der Waals surface area contributed by atoms with Crippen molar-refractivity contribution >= 4 is 0 Å². The van der Waals surface area contributed by atoms with Crippen LogP contribution in [0.5, 0.6) is 0 Å². The molecule has 12 heavy (non-hydrogen) atoms.